The molecule has 0 aromatic heterocycles. The molecule has 4 saturated carbocycles. The van der Waals surface area contributed by atoms with Gasteiger partial charge in [0.05, 0.1) is 5.54 Å². The van der Waals surface area contributed by atoms with E-state index in [0.29, 0.717) is 0 Å². The third-order valence-electron chi connectivity index (χ3n) is 6.28. The summed E-state index contributed by atoms with van der Waals surface area (Å²) < 4.78 is 0. The number of carbonyl (C=O) groups is 1. The van der Waals surface area contributed by atoms with Crippen LogP contribution >= 0.6 is 0 Å². The Hall–Kier alpha value is -0.770. The summed E-state index contributed by atoms with van der Waals surface area (Å²) in [5.74, 6) is 2.56. The molecule has 2 amide bonds. The minimum Gasteiger partial charge on any atom is -0.350 e. The monoisotopic (exact) mass is 277 g/mol. The van der Waals surface area contributed by atoms with Crippen molar-refractivity contribution in [2.45, 2.75) is 63.3 Å². The maximum Gasteiger partial charge on any atom is 0.329 e. The number of amides is 2. The molecule has 0 spiro atoms. The first kappa shape index (κ1) is 12.9. The first-order valence-electron chi connectivity index (χ1n) is 8.51. The number of primary amides is 1. The summed E-state index contributed by atoms with van der Waals surface area (Å²) in [5, 5.41) is 4.33. The van der Waals surface area contributed by atoms with Gasteiger partial charge in [0.2, 0.25) is 0 Å². The van der Waals surface area contributed by atoms with Gasteiger partial charge in [-0.3, -0.25) is 5.01 Å². The fourth-order valence-electron chi connectivity index (χ4n) is 6.07. The van der Waals surface area contributed by atoms with E-state index in [-0.39, 0.29) is 11.6 Å². The van der Waals surface area contributed by atoms with Crippen molar-refractivity contribution in [1.82, 2.24) is 10.0 Å². The van der Waals surface area contributed by atoms with Gasteiger partial charge in [0.1, 0.15) is 0 Å². The van der Waals surface area contributed by atoms with Crippen molar-refractivity contribution < 1.29 is 4.79 Å². The van der Waals surface area contributed by atoms with Gasteiger partial charge in [-0.15, -0.1) is 0 Å². The molecule has 5 fully saturated rings. The molecule has 0 unspecified atom stereocenters. The number of hydrazine groups is 1. The molecule has 0 aromatic rings. The highest BCUT2D eigenvalue weighted by Crippen LogP contribution is 2.58. The third kappa shape index (κ3) is 1.95. The average molecular weight is 277 g/mol. The molecule has 4 bridgehead atoms. The van der Waals surface area contributed by atoms with Crippen molar-refractivity contribution in [3.8, 4) is 0 Å². The summed E-state index contributed by atoms with van der Waals surface area (Å²) >= 11 is 0. The number of carbonyl (C=O) groups excluding carboxylic acids is 1. The van der Waals surface area contributed by atoms with Crippen LogP contribution in [0.3, 0.4) is 0 Å². The molecule has 5 aliphatic rings. The van der Waals surface area contributed by atoms with Gasteiger partial charge in [0, 0.05) is 13.1 Å². The van der Waals surface area contributed by atoms with Gasteiger partial charge in [-0.2, -0.15) is 0 Å². The molecule has 1 saturated heterocycles. The van der Waals surface area contributed by atoms with Crippen molar-refractivity contribution in [3.63, 3.8) is 0 Å². The largest absolute Gasteiger partial charge is 0.350 e. The number of nitrogens with two attached hydrogens (primary N) is 1. The predicted molar refractivity (Wildman–Crippen MR) is 77.7 cm³/mol. The van der Waals surface area contributed by atoms with E-state index in [1.165, 1.54) is 57.8 Å². The first-order valence-corrected chi connectivity index (χ1v) is 8.51. The van der Waals surface area contributed by atoms with Crippen LogP contribution in [0.25, 0.3) is 0 Å². The standard InChI is InChI=1S/C16H27N3O/c17-15(20)19(18-4-2-1-3-5-18)16-9-12-6-13(10-16)8-14(7-12)11-16/h12-14H,1-11H2,(H2,17,20). The summed E-state index contributed by atoms with van der Waals surface area (Å²) in [7, 11) is 0. The molecule has 20 heavy (non-hydrogen) atoms. The van der Waals surface area contributed by atoms with Crippen LogP contribution in [-0.4, -0.2) is 34.7 Å². The van der Waals surface area contributed by atoms with E-state index >= 15 is 0 Å². The Morgan fingerprint density at radius 2 is 1.45 bits per heavy atom. The van der Waals surface area contributed by atoms with Gasteiger partial charge in [-0.1, -0.05) is 6.42 Å². The average Bonchev–Trinajstić information content (AvgIpc) is 2.37. The van der Waals surface area contributed by atoms with E-state index in [9.17, 15) is 4.79 Å². The lowest BCUT2D eigenvalue weighted by atomic mass is 9.52. The Morgan fingerprint density at radius 1 is 0.950 bits per heavy atom. The molecular formula is C16H27N3O. The quantitative estimate of drug-likeness (QED) is 0.843. The zero-order valence-corrected chi connectivity index (χ0v) is 12.4. The highest BCUT2D eigenvalue weighted by molar-refractivity contribution is 5.72. The van der Waals surface area contributed by atoms with E-state index in [2.05, 4.69) is 5.01 Å². The van der Waals surface area contributed by atoms with Gasteiger partial charge >= 0.3 is 6.03 Å². The normalized spacial score (nSPS) is 43.7. The van der Waals surface area contributed by atoms with E-state index < -0.39 is 0 Å². The smallest absolute Gasteiger partial charge is 0.329 e. The van der Waals surface area contributed by atoms with Crippen LogP contribution in [-0.2, 0) is 0 Å². The third-order valence-corrected chi connectivity index (χ3v) is 6.28. The van der Waals surface area contributed by atoms with Crippen molar-refractivity contribution in [1.29, 1.82) is 0 Å². The molecule has 0 radical (unpaired) electrons. The highest BCUT2D eigenvalue weighted by atomic mass is 16.2. The summed E-state index contributed by atoms with van der Waals surface area (Å²) in [6.45, 7) is 2.04. The topological polar surface area (TPSA) is 49.6 Å². The Kier molecular flexibility index (Phi) is 2.99. The summed E-state index contributed by atoms with van der Waals surface area (Å²) in [6, 6.07) is -0.200. The number of rotatable bonds is 2. The lowest BCUT2D eigenvalue weighted by Crippen LogP contribution is -2.67. The molecule has 1 aliphatic heterocycles. The number of piperidine rings is 1. The second kappa shape index (κ2) is 4.62. The van der Waals surface area contributed by atoms with Crippen molar-refractivity contribution in [2.75, 3.05) is 13.1 Å². The summed E-state index contributed by atoms with van der Waals surface area (Å²) in [4.78, 5) is 12.2. The fourth-order valence-corrected chi connectivity index (χ4v) is 6.07. The molecule has 1 heterocycles. The lowest BCUT2D eigenvalue weighted by Gasteiger charge is -2.61. The van der Waals surface area contributed by atoms with E-state index in [1.54, 1.807) is 0 Å². The second-order valence-corrected chi connectivity index (χ2v) is 7.81. The molecule has 4 heteroatoms. The Labute approximate surface area is 121 Å². The summed E-state index contributed by atoms with van der Waals surface area (Å²) in [5.41, 5.74) is 5.92. The van der Waals surface area contributed by atoms with Crippen LogP contribution in [0.15, 0.2) is 0 Å². The molecule has 4 aliphatic carbocycles. The molecule has 4 nitrogen and oxygen atoms in total. The van der Waals surface area contributed by atoms with Gasteiger partial charge in [-0.05, 0) is 69.1 Å². The predicted octanol–water partition coefficient (Wildman–Crippen LogP) is 2.74. The van der Waals surface area contributed by atoms with Crippen LogP contribution < -0.4 is 5.73 Å². The van der Waals surface area contributed by atoms with Crippen molar-refractivity contribution in [2.24, 2.45) is 23.5 Å². The minimum atomic E-state index is -0.200. The van der Waals surface area contributed by atoms with Crippen LogP contribution in [0.4, 0.5) is 4.79 Å². The van der Waals surface area contributed by atoms with Gasteiger partial charge < -0.3 is 5.73 Å². The van der Waals surface area contributed by atoms with E-state index in [1.807, 2.05) is 5.01 Å². The van der Waals surface area contributed by atoms with E-state index in [0.717, 1.165) is 30.8 Å². The molecule has 2 N–H and O–H groups in total. The minimum absolute atomic E-state index is 0.0813. The number of hydrogen-bond donors (Lipinski definition) is 1. The highest BCUT2D eigenvalue weighted by Gasteiger charge is 2.55. The van der Waals surface area contributed by atoms with Crippen LogP contribution in [0.2, 0.25) is 0 Å². The Morgan fingerprint density at radius 3 is 1.90 bits per heavy atom. The van der Waals surface area contributed by atoms with Crippen LogP contribution in [0.5, 0.6) is 0 Å². The Balaban J connectivity index is 1.63. The van der Waals surface area contributed by atoms with Crippen LogP contribution in [0, 0.1) is 17.8 Å². The van der Waals surface area contributed by atoms with Gasteiger partial charge in [-0.25, -0.2) is 9.80 Å². The van der Waals surface area contributed by atoms with E-state index in [4.69, 9.17) is 5.73 Å². The Bertz CT molecular complexity index is 367. The molecule has 0 atom stereocenters. The zero-order chi connectivity index (χ0) is 13.7. The number of urea groups is 1. The number of nitrogens with zero attached hydrogens (tertiary/aromatic N) is 2. The maximum atomic E-state index is 12.2. The lowest BCUT2D eigenvalue weighted by molar-refractivity contribution is -0.153. The second-order valence-electron chi connectivity index (χ2n) is 7.81. The SMILES string of the molecule is NC(=O)N(N1CCCCC1)C12CC3CC(CC(C3)C1)C2. The van der Waals surface area contributed by atoms with Gasteiger partial charge in [0.15, 0.2) is 0 Å². The molecule has 5 rings (SSSR count). The van der Waals surface area contributed by atoms with Crippen LogP contribution in [0.1, 0.15) is 57.8 Å². The van der Waals surface area contributed by atoms with Gasteiger partial charge in [0.25, 0.3) is 0 Å². The zero-order valence-electron chi connectivity index (χ0n) is 12.4. The maximum absolute atomic E-state index is 12.2. The first-order chi connectivity index (χ1) is 9.66. The molecule has 0 aromatic carbocycles. The molecular weight excluding hydrogens is 250 g/mol. The fraction of sp³-hybridized carbons (Fsp3) is 0.938. The summed E-state index contributed by atoms with van der Waals surface area (Å²) in [6.07, 6.45) is 11.6. The van der Waals surface area contributed by atoms with Crippen molar-refractivity contribution >= 4 is 6.03 Å². The van der Waals surface area contributed by atoms with Crippen molar-refractivity contribution in [3.05, 3.63) is 0 Å². The number of hydrogen-bond acceptors (Lipinski definition) is 2. The molecule has 112 valence electrons.